The van der Waals surface area contributed by atoms with Crippen molar-refractivity contribution in [1.29, 1.82) is 0 Å². The Balaban J connectivity index is 1.46. The van der Waals surface area contributed by atoms with Crippen LogP contribution in [0.4, 0.5) is 0 Å². The number of hydrazine groups is 1. The van der Waals surface area contributed by atoms with Crippen LogP contribution in [0.15, 0.2) is 66.9 Å². The van der Waals surface area contributed by atoms with Crippen molar-refractivity contribution in [3.05, 3.63) is 72.4 Å². The van der Waals surface area contributed by atoms with Crippen molar-refractivity contribution in [3.8, 4) is 0 Å². The number of benzene rings is 2. The molecule has 0 unspecified atom stereocenters. The van der Waals surface area contributed by atoms with Crippen molar-refractivity contribution >= 4 is 22.7 Å². The highest BCUT2D eigenvalue weighted by Gasteiger charge is 2.07. The molecular weight excluding hydrogens is 302 g/mol. The molecule has 0 atom stereocenters. The summed E-state index contributed by atoms with van der Waals surface area (Å²) in [5.74, 6) is -0.464. The molecule has 0 fully saturated rings. The molecule has 1 aromatic heterocycles. The van der Waals surface area contributed by atoms with Gasteiger partial charge < -0.3 is 4.57 Å². The maximum Gasteiger partial charge on any atom is 0.258 e. The molecule has 3 rings (SSSR count). The third-order valence-corrected chi connectivity index (χ3v) is 3.82. The van der Waals surface area contributed by atoms with E-state index < -0.39 is 0 Å². The van der Waals surface area contributed by atoms with Crippen LogP contribution in [0.5, 0.6) is 0 Å². The van der Waals surface area contributed by atoms with E-state index in [-0.39, 0.29) is 18.4 Å². The van der Waals surface area contributed by atoms with Gasteiger partial charge in [0, 0.05) is 18.1 Å². The van der Waals surface area contributed by atoms with Crippen molar-refractivity contribution in [2.45, 2.75) is 19.4 Å². The number of para-hydroxylation sites is 1. The standard InChI is InChI=1S/C19H19N3O2/c23-18(11-10-15-6-2-1-3-7-15)20-21-19(24)14-22-13-12-16-8-4-5-9-17(16)22/h1-9,12-13H,10-11,14H2,(H,20,23)(H,21,24). The molecule has 0 spiro atoms. The van der Waals surface area contributed by atoms with Crippen molar-refractivity contribution < 1.29 is 9.59 Å². The van der Waals surface area contributed by atoms with Gasteiger partial charge in [0.05, 0.1) is 0 Å². The van der Waals surface area contributed by atoms with Crippen molar-refractivity contribution in [2.75, 3.05) is 0 Å². The monoisotopic (exact) mass is 321 g/mol. The number of fused-ring (bicyclic) bond motifs is 1. The zero-order valence-electron chi connectivity index (χ0n) is 13.2. The van der Waals surface area contributed by atoms with Crippen molar-refractivity contribution in [2.24, 2.45) is 0 Å². The van der Waals surface area contributed by atoms with Crippen LogP contribution >= 0.6 is 0 Å². The molecule has 0 saturated heterocycles. The van der Waals surface area contributed by atoms with Gasteiger partial charge in [0.2, 0.25) is 5.91 Å². The van der Waals surface area contributed by atoms with Crippen LogP contribution in [0.1, 0.15) is 12.0 Å². The van der Waals surface area contributed by atoms with Gasteiger partial charge in [0.1, 0.15) is 6.54 Å². The molecule has 24 heavy (non-hydrogen) atoms. The first-order valence-electron chi connectivity index (χ1n) is 7.88. The first-order valence-corrected chi connectivity index (χ1v) is 7.88. The molecule has 2 amide bonds. The number of amides is 2. The third kappa shape index (κ3) is 4.01. The lowest BCUT2D eigenvalue weighted by molar-refractivity contribution is -0.129. The van der Waals surface area contributed by atoms with Crippen molar-refractivity contribution in [3.63, 3.8) is 0 Å². The first kappa shape index (κ1) is 15.8. The minimum absolute atomic E-state index is 0.159. The number of aromatic nitrogens is 1. The Morgan fingerprint density at radius 1 is 0.833 bits per heavy atom. The van der Waals surface area contributed by atoms with E-state index in [0.29, 0.717) is 12.8 Å². The molecule has 2 N–H and O–H groups in total. The van der Waals surface area contributed by atoms with Crippen LogP contribution in [0, 0.1) is 0 Å². The Morgan fingerprint density at radius 3 is 2.38 bits per heavy atom. The van der Waals surface area contributed by atoms with E-state index in [1.165, 1.54) is 0 Å². The van der Waals surface area contributed by atoms with Gasteiger partial charge in [-0.2, -0.15) is 0 Å². The second kappa shape index (κ2) is 7.46. The second-order valence-corrected chi connectivity index (χ2v) is 5.58. The number of carbonyl (C=O) groups excluding carboxylic acids is 2. The first-order chi connectivity index (χ1) is 11.7. The lowest BCUT2D eigenvalue weighted by Crippen LogP contribution is -2.43. The Bertz CT molecular complexity index is 840. The van der Waals surface area contributed by atoms with Gasteiger partial charge in [-0.15, -0.1) is 0 Å². The van der Waals surface area contributed by atoms with Crippen LogP contribution in [0.2, 0.25) is 0 Å². The minimum Gasteiger partial charge on any atom is -0.338 e. The van der Waals surface area contributed by atoms with Crippen LogP contribution in [0.3, 0.4) is 0 Å². The number of nitrogens with one attached hydrogen (secondary N) is 2. The van der Waals surface area contributed by atoms with E-state index in [0.717, 1.165) is 16.5 Å². The summed E-state index contributed by atoms with van der Waals surface area (Å²) in [5, 5.41) is 1.08. The maximum absolute atomic E-state index is 12.0. The largest absolute Gasteiger partial charge is 0.338 e. The van der Waals surface area contributed by atoms with Crippen LogP contribution in [-0.2, 0) is 22.6 Å². The van der Waals surface area contributed by atoms with Crippen LogP contribution < -0.4 is 10.9 Å². The highest BCUT2D eigenvalue weighted by molar-refractivity contribution is 5.85. The van der Waals surface area contributed by atoms with Gasteiger partial charge in [-0.1, -0.05) is 48.5 Å². The second-order valence-electron chi connectivity index (χ2n) is 5.58. The number of nitrogens with zero attached hydrogens (tertiary/aromatic N) is 1. The molecule has 5 heteroatoms. The predicted molar refractivity (Wildman–Crippen MR) is 93.0 cm³/mol. The highest BCUT2D eigenvalue weighted by Crippen LogP contribution is 2.14. The van der Waals surface area contributed by atoms with Gasteiger partial charge in [-0.25, -0.2) is 0 Å². The van der Waals surface area contributed by atoms with Crippen LogP contribution in [0.25, 0.3) is 10.9 Å². The van der Waals surface area contributed by atoms with Gasteiger partial charge in [-0.05, 0) is 29.5 Å². The molecule has 0 radical (unpaired) electrons. The summed E-state index contributed by atoms with van der Waals surface area (Å²) in [4.78, 5) is 23.8. The molecule has 0 bridgehead atoms. The quantitative estimate of drug-likeness (QED) is 0.709. The Morgan fingerprint density at radius 2 is 1.54 bits per heavy atom. The van der Waals surface area contributed by atoms with Gasteiger partial charge in [0.15, 0.2) is 0 Å². The maximum atomic E-state index is 12.0. The molecule has 0 aliphatic carbocycles. The average Bonchev–Trinajstić information content (AvgIpc) is 3.02. The molecule has 2 aromatic carbocycles. The van der Waals surface area contributed by atoms with E-state index in [1.807, 2.05) is 71.4 Å². The minimum atomic E-state index is -0.260. The van der Waals surface area contributed by atoms with Gasteiger partial charge in [-0.3, -0.25) is 20.4 Å². The summed E-state index contributed by atoms with van der Waals surface area (Å²) in [7, 11) is 0. The van der Waals surface area contributed by atoms with Crippen molar-refractivity contribution in [1.82, 2.24) is 15.4 Å². The fraction of sp³-hybridized carbons (Fsp3) is 0.158. The summed E-state index contributed by atoms with van der Waals surface area (Å²) >= 11 is 0. The number of rotatable bonds is 5. The lowest BCUT2D eigenvalue weighted by Gasteiger charge is -2.09. The molecule has 122 valence electrons. The van der Waals surface area contributed by atoms with E-state index >= 15 is 0 Å². The zero-order valence-corrected chi connectivity index (χ0v) is 13.2. The Hall–Kier alpha value is -3.08. The van der Waals surface area contributed by atoms with Crippen LogP contribution in [-0.4, -0.2) is 16.4 Å². The summed E-state index contributed by atoms with van der Waals surface area (Å²) < 4.78 is 1.85. The van der Waals surface area contributed by atoms with E-state index in [1.54, 1.807) is 0 Å². The van der Waals surface area contributed by atoms with E-state index in [4.69, 9.17) is 0 Å². The lowest BCUT2D eigenvalue weighted by atomic mass is 10.1. The topological polar surface area (TPSA) is 63.1 Å². The summed E-state index contributed by atoms with van der Waals surface area (Å²) in [5.41, 5.74) is 7.01. The molecule has 0 aliphatic rings. The number of carbonyl (C=O) groups is 2. The Labute approximate surface area is 140 Å². The van der Waals surface area contributed by atoms with E-state index in [2.05, 4.69) is 10.9 Å². The highest BCUT2D eigenvalue weighted by atomic mass is 16.2. The predicted octanol–water partition coefficient (Wildman–Crippen LogP) is 2.42. The summed E-state index contributed by atoms with van der Waals surface area (Å²) in [6, 6.07) is 19.6. The molecule has 0 saturated carbocycles. The fourth-order valence-corrected chi connectivity index (χ4v) is 2.58. The molecule has 1 heterocycles. The normalized spacial score (nSPS) is 10.5. The molecule has 0 aliphatic heterocycles. The fourth-order valence-electron chi connectivity index (χ4n) is 2.58. The number of hydrogen-bond donors (Lipinski definition) is 2. The third-order valence-electron chi connectivity index (χ3n) is 3.82. The summed E-state index contributed by atoms with van der Waals surface area (Å²) in [6.07, 6.45) is 2.84. The molecular formula is C19H19N3O2. The smallest absolute Gasteiger partial charge is 0.258 e. The zero-order chi connectivity index (χ0) is 16.8. The number of aryl methyl sites for hydroxylation is 1. The van der Waals surface area contributed by atoms with E-state index in [9.17, 15) is 9.59 Å². The van der Waals surface area contributed by atoms with Gasteiger partial charge >= 0.3 is 0 Å². The molecule has 5 nitrogen and oxygen atoms in total. The van der Waals surface area contributed by atoms with Gasteiger partial charge in [0.25, 0.3) is 5.91 Å². The molecule has 3 aromatic rings. The number of hydrogen-bond acceptors (Lipinski definition) is 2. The summed E-state index contributed by atoms with van der Waals surface area (Å²) in [6.45, 7) is 0.159. The average molecular weight is 321 g/mol. The Kier molecular flexibility index (Phi) is 4.91. The SMILES string of the molecule is O=C(CCc1ccccc1)NNC(=O)Cn1ccc2ccccc21.